The van der Waals surface area contributed by atoms with Gasteiger partial charge in [0, 0.05) is 0 Å². The van der Waals surface area contributed by atoms with E-state index in [4.69, 9.17) is 4.74 Å². The Morgan fingerprint density at radius 3 is 2.62 bits per heavy atom. The van der Waals surface area contributed by atoms with Gasteiger partial charge in [0.25, 0.3) is 5.91 Å². The van der Waals surface area contributed by atoms with E-state index in [-0.39, 0.29) is 22.4 Å². The van der Waals surface area contributed by atoms with Crippen LogP contribution in [0, 0.1) is 0 Å². The zero-order valence-corrected chi connectivity index (χ0v) is 12.2. The van der Waals surface area contributed by atoms with E-state index in [0.29, 0.717) is 5.17 Å². The zero-order chi connectivity index (χ0) is 15.0. The van der Waals surface area contributed by atoms with E-state index >= 15 is 0 Å². The molecule has 0 N–H and O–H groups in total. The van der Waals surface area contributed by atoms with Crippen LogP contribution in [0.1, 0.15) is 12.5 Å². The number of amides is 1. The molecule has 0 spiro atoms. The van der Waals surface area contributed by atoms with E-state index in [1.807, 2.05) is 12.1 Å². The number of ether oxygens (including phenoxy) is 1. The van der Waals surface area contributed by atoms with Gasteiger partial charge in [-0.2, -0.15) is 10.1 Å². The second-order valence-corrected chi connectivity index (χ2v) is 5.33. The minimum Gasteiger partial charge on any atom is -0.497 e. The predicted octanol–water partition coefficient (Wildman–Crippen LogP) is 1.88. The minimum absolute atomic E-state index is 0.191. The Kier molecular flexibility index (Phi) is 3.34. The molecular weight excluding hydrogens is 290 g/mol. The van der Waals surface area contributed by atoms with Gasteiger partial charge in [0.15, 0.2) is 0 Å². The highest BCUT2D eigenvalue weighted by atomic mass is 32.2. The van der Waals surface area contributed by atoms with Gasteiger partial charge in [0.1, 0.15) is 17.2 Å². The summed E-state index contributed by atoms with van der Waals surface area (Å²) in [5, 5.41) is 5.24. The summed E-state index contributed by atoms with van der Waals surface area (Å²) in [6, 6.07) is 7.24. The van der Waals surface area contributed by atoms with Crippen molar-refractivity contribution in [3.8, 4) is 5.75 Å². The quantitative estimate of drug-likeness (QED) is 0.782. The highest BCUT2D eigenvalue weighted by molar-refractivity contribution is 8.27. The molecule has 0 saturated carbocycles. The van der Waals surface area contributed by atoms with Crippen LogP contribution in [0.25, 0.3) is 6.08 Å². The third-order valence-electron chi connectivity index (χ3n) is 2.96. The van der Waals surface area contributed by atoms with E-state index in [0.717, 1.165) is 28.1 Å². The number of thioether (sulfide) groups is 1. The fourth-order valence-corrected chi connectivity index (χ4v) is 2.56. The van der Waals surface area contributed by atoms with Gasteiger partial charge in [-0.1, -0.05) is 12.1 Å². The van der Waals surface area contributed by atoms with Crippen LogP contribution in [0.15, 0.2) is 40.1 Å². The molecular formula is C14H11N3O3S. The van der Waals surface area contributed by atoms with Gasteiger partial charge >= 0.3 is 0 Å². The van der Waals surface area contributed by atoms with Crippen LogP contribution in [0.4, 0.5) is 0 Å². The molecule has 2 aliphatic rings. The van der Waals surface area contributed by atoms with Crippen molar-refractivity contribution in [2.45, 2.75) is 6.92 Å². The minimum atomic E-state index is -0.333. The molecule has 7 heteroatoms. The summed E-state index contributed by atoms with van der Waals surface area (Å²) in [5.41, 5.74) is 1.37. The largest absolute Gasteiger partial charge is 0.497 e. The summed E-state index contributed by atoms with van der Waals surface area (Å²) in [4.78, 5) is 27.9. The van der Waals surface area contributed by atoms with E-state index in [9.17, 15) is 9.59 Å². The molecule has 0 unspecified atom stereocenters. The second kappa shape index (κ2) is 5.17. The summed E-state index contributed by atoms with van der Waals surface area (Å²) < 4.78 is 5.08. The van der Waals surface area contributed by atoms with Crippen molar-refractivity contribution in [1.82, 2.24) is 5.01 Å². The average molecular weight is 301 g/mol. The van der Waals surface area contributed by atoms with Crippen molar-refractivity contribution in [1.29, 1.82) is 0 Å². The predicted molar refractivity (Wildman–Crippen MR) is 81.0 cm³/mol. The molecule has 0 bridgehead atoms. The number of rotatable bonds is 2. The monoisotopic (exact) mass is 301 g/mol. The highest BCUT2D eigenvalue weighted by Crippen LogP contribution is 2.28. The number of carbonyl (C=O) groups excluding carboxylic acids is 2. The number of hydrazone groups is 1. The van der Waals surface area contributed by atoms with Crippen LogP contribution in [-0.4, -0.2) is 34.0 Å². The van der Waals surface area contributed by atoms with Crippen molar-refractivity contribution in [3.05, 3.63) is 35.5 Å². The van der Waals surface area contributed by atoms with Crippen molar-refractivity contribution >= 4 is 39.7 Å². The maximum Gasteiger partial charge on any atom is 0.299 e. The van der Waals surface area contributed by atoms with Crippen LogP contribution >= 0.6 is 11.8 Å². The van der Waals surface area contributed by atoms with Gasteiger partial charge in [-0.05, 0) is 42.5 Å². The number of methoxy groups -OCH3 is 1. The van der Waals surface area contributed by atoms with Crippen LogP contribution < -0.4 is 4.74 Å². The SMILES string of the molecule is COc1ccc(/C=C2/N=C3SC(=O)C(C)=NN3C2=O)cc1. The molecule has 2 aliphatic heterocycles. The van der Waals surface area contributed by atoms with Gasteiger partial charge in [0.05, 0.1) is 7.11 Å². The van der Waals surface area contributed by atoms with E-state index in [2.05, 4.69) is 10.1 Å². The van der Waals surface area contributed by atoms with Gasteiger partial charge < -0.3 is 4.74 Å². The topological polar surface area (TPSA) is 71.3 Å². The van der Waals surface area contributed by atoms with E-state index < -0.39 is 0 Å². The Bertz CT molecular complexity index is 719. The summed E-state index contributed by atoms with van der Waals surface area (Å²) in [5.74, 6) is 0.403. The highest BCUT2D eigenvalue weighted by Gasteiger charge is 2.36. The first-order valence-electron chi connectivity index (χ1n) is 6.15. The molecule has 0 saturated heterocycles. The zero-order valence-electron chi connectivity index (χ0n) is 11.4. The van der Waals surface area contributed by atoms with Crippen molar-refractivity contribution in [3.63, 3.8) is 0 Å². The number of hydrogen-bond donors (Lipinski definition) is 0. The molecule has 21 heavy (non-hydrogen) atoms. The first kappa shape index (κ1) is 13.6. The average Bonchev–Trinajstić information content (AvgIpc) is 2.77. The number of nitrogens with zero attached hydrogens (tertiary/aromatic N) is 3. The third kappa shape index (κ3) is 2.47. The number of amidine groups is 1. The first-order chi connectivity index (χ1) is 10.1. The molecule has 1 aromatic carbocycles. The van der Waals surface area contributed by atoms with Crippen LogP contribution in [0.3, 0.4) is 0 Å². The van der Waals surface area contributed by atoms with Gasteiger partial charge in [-0.25, -0.2) is 4.99 Å². The Labute approximate surface area is 125 Å². The smallest absolute Gasteiger partial charge is 0.299 e. The standard InChI is InChI=1S/C14H11N3O3S/c1-8-13(19)21-14-15-11(12(18)17(14)16-8)7-9-3-5-10(20-2)6-4-9/h3-7H,1-2H3/b11-7+. The Balaban J connectivity index is 1.92. The van der Waals surface area contributed by atoms with Gasteiger partial charge in [0.2, 0.25) is 10.3 Å². The number of aliphatic imine (C=N–C) groups is 1. The Morgan fingerprint density at radius 2 is 1.95 bits per heavy atom. The summed E-state index contributed by atoms with van der Waals surface area (Å²) in [6.07, 6.45) is 1.66. The lowest BCUT2D eigenvalue weighted by Crippen LogP contribution is -2.32. The van der Waals surface area contributed by atoms with Crippen molar-refractivity contribution in [2.24, 2.45) is 10.1 Å². The second-order valence-electron chi connectivity index (χ2n) is 4.39. The van der Waals surface area contributed by atoms with Crippen molar-refractivity contribution < 1.29 is 14.3 Å². The molecule has 0 aliphatic carbocycles. The first-order valence-corrected chi connectivity index (χ1v) is 6.96. The number of carbonyl (C=O) groups is 2. The van der Waals surface area contributed by atoms with Crippen LogP contribution in [0.2, 0.25) is 0 Å². The third-order valence-corrected chi connectivity index (χ3v) is 3.88. The molecule has 2 heterocycles. The molecule has 0 aromatic heterocycles. The summed E-state index contributed by atoms with van der Waals surface area (Å²) in [7, 11) is 1.59. The maximum atomic E-state index is 12.2. The lowest BCUT2D eigenvalue weighted by atomic mass is 10.2. The number of benzene rings is 1. The molecule has 0 atom stereocenters. The number of fused-ring (bicyclic) bond motifs is 1. The molecule has 0 fully saturated rings. The Morgan fingerprint density at radius 1 is 1.24 bits per heavy atom. The normalized spacial score (nSPS) is 19.5. The molecule has 1 aromatic rings. The summed E-state index contributed by atoms with van der Waals surface area (Å²) in [6.45, 7) is 1.57. The lowest BCUT2D eigenvalue weighted by molar-refractivity contribution is -0.122. The fourth-order valence-electron chi connectivity index (χ4n) is 1.85. The lowest BCUT2D eigenvalue weighted by Gasteiger charge is -2.15. The molecule has 1 amide bonds. The Hall–Kier alpha value is -2.41. The molecule has 3 rings (SSSR count). The summed E-state index contributed by atoms with van der Waals surface area (Å²) >= 11 is 0.914. The van der Waals surface area contributed by atoms with Crippen LogP contribution in [-0.2, 0) is 9.59 Å². The fraction of sp³-hybridized carbons (Fsp3) is 0.143. The van der Waals surface area contributed by atoms with Gasteiger partial charge in [-0.15, -0.1) is 0 Å². The molecule has 6 nitrogen and oxygen atoms in total. The number of hydrogen-bond acceptors (Lipinski definition) is 6. The van der Waals surface area contributed by atoms with Crippen LogP contribution in [0.5, 0.6) is 5.75 Å². The van der Waals surface area contributed by atoms with Gasteiger partial charge in [-0.3, -0.25) is 9.59 Å². The van der Waals surface area contributed by atoms with E-state index in [1.165, 1.54) is 0 Å². The molecule has 0 radical (unpaired) electrons. The van der Waals surface area contributed by atoms with Crippen molar-refractivity contribution in [2.75, 3.05) is 7.11 Å². The molecule has 106 valence electrons. The van der Waals surface area contributed by atoms with E-state index in [1.54, 1.807) is 32.2 Å². The maximum absolute atomic E-state index is 12.2.